The summed E-state index contributed by atoms with van der Waals surface area (Å²) in [7, 11) is -2.62. The summed E-state index contributed by atoms with van der Waals surface area (Å²) in [6.45, 7) is -0.389. The number of halogens is 1. The Bertz CT molecular complexity index is 1200. The number of nitrogens with one attached hydrogen (secondary N) is 1. The summed E-state index contributed by atoms with van der Waals surface area (Å²) in [4.78, 5) is 12.2. The van der Waals surface area contributed by atoms with E-state index in [-0.39, 0.29) is 11.4 Å². The van der Waals surface area contributed by atoms with E-state index in [1.807, 2.05) is 36.4 Å². The zero-order valence-corrected chi connectivity index (χ0v) is 17.0. The van der Waals surface area contributed by atoms with E-state index >= 15 is 0 Å². The smallest absolute Gasteiger partial charge is 0.243 e. The van der Waals surface area contributed by atoms with Gasteiger partial charge in [0.15, 0.2) is 0 Å². The van der Waals surface area contributed by atoms with Crippen molar-refractivity contribution in [1.29, 1.82) is 0 Å². The first-order valence-corrected chi connectivity index (χ1v) is 10.5. The van der Waals surface area contributed by atoms with Crippen molar-refractivity contribution in [2.75, 3.05) is 18.9 Å². The van der Waals surface area contributed by atoms with Crippen molar-refractivity contribution in [2.45, 2.75) is 4.90 Å². The molecule has 0 bridgehead atoms. The summed E-state index contributed by atoms with van der Waals surface area (Å²) in [5, 5.41) is 2.67. The SMILES string of the molecule is CN(CC(=O)Nc1cccc(C#Cc2ccccc2)c1)S(=O)(=O)c1ccc(F)cc1. The predicted molar refractivity (Wildman–Crippen MR) is 114 cm³/mol. The second-order valence-electron chi connectivity index (χ2n) is 6.46. The highest BCUT2D eigenvalue weighted by Gasteiger charge is 2.23. The van der Waals surface area contributed by atoms with Crippen molar-refractivity contribution in [2.24, 2.45) is 0 Å². The molecule has 0 saturated carbocycles. The lowest BCUT2D eigenvalue weighted by atomic mass is 10.1. The van der Waals surface area contributed by atoms with Gasteiger partial charge in [-0.25, -0.2) is 12.8 Å². The molecule has 30 heavy (non-hydrogen) atoms. The topological polar surface area (TPSA) is 66.5 Å². The summed E-state index contributed by atoms with van der Waals surface area (Å²) in [6.07, 6.45) is 0. The van der Waals surface area contributed by atoms with Crippen LogP contribution in [-0.4, -0.2) is 32.2 Å². The first kappa shape index (κ1) is 21.2. The van der Waals surface area contributed by atoms with Gasteiger partial charge in [0.05, 0.1) is 11.4 Å². The molecule has 0 fully saturated rings. The number of amides is 1. The molecule has 0 heterocycles. The van der Waals surface area contributed by atoms with Crippen molar-refractivity contribution in [3.63, 3.8) is 0 Å². The van der Waals surface area contributed by atoms with E-state index < -0.39 is 21.7 Å². The molecule has 152 valence electrons. The summed E-state index contributed by atoms with van der Waals surface area (Å²) < 4.78 is 39.0. The van der Waals surface area contributed by atoms with Gasteiger partial charge in [0, 0.05) is 23.9 Å². The first-order chi connectivity index (χ1) is 14.3. The Balaban J connectivity index is 1.66. The van der Waals surface area contributed by atoms with Crippen molar-refractivity contribution in [3.8, 4) is 11.8 Å². The quantitative estimate of drug-likeness (QED) is 0.640. The summed E-state index contributed by atoms with van der Waals surface area (Å²) in [5.74, 6) is 5.03. The zero-order valence-electron chi connectivity index (χ0n) is 16.2. The van der Waals surface area contributed by atoms with Crippen LogP contribution in [-0.2, 0) is 14.8 Å². The Kier molecular flexibility index (Phi) is 6.62. The fourth-order valence-electron chi connectivity index (χ4n) is 2.61. The Hall–Kier alpha value is -3.47. The van der Waals surface area contributed by atoms with Gasteiger partial charge in [-0.3, -0.25) is 4.79 Å². The van der Waals surface area contributed by atoms with Gasteiger partial charge in [-0.1, -0.05) is 36.1 Å². The van der Waals surface area contributed by atoms with Crippen LogP contribution in [0.3, 0.4) is 0 Å². The Morgan fingerprint density at radius 2 is 1.57 bits per heavy atom. The zero-order chi connectivity index (χ0) is 21.6. The van der Waals surface area contributed by atoms with Crippen molar-refractivity contribution in [1.82, 2.24) is 4.31 Å². The van der Waals surface area contributed by atoms with E-state index in [0.717, 1.165) is 34.1 Å². The van der Waals surface area contributed by atoms with Crippen LogP contribution in [0.25, 0.3) is 0 Å². The van der Waals surface area contributed by atoms with E-state index in [4.69, 9.17) is 0 Å². The minimum absolute atomic E-state index is 0.0858. The molecule has 0 unspecified atom stereocenters. The molecule has 0 radical (unpaired) electrons. The molecule has 1 amide bonds. The highest BCUT2D eigenvalue weighted by molar-refractivity contribution is 7.89. The summed E-state index contributed by atoms with van der Waals surface area (Å²) in [6, 6.07) is 20.9. The van der Waals surface area contributed by atoms with Crippen molar-refractivity contribution in [3.05, 3.63) is 95.8 Å². The van der Waals surface area contributed by atoms with Gasteiger partial charge in [-0.2, -0.15) is 4.31 Å². The van der Waals surface area contributed by atoms with Gasteiger partial charge in [0.1, 0.15) is 5.82 Å². The third-order valence-electron chi connectivity index (χ3n) is 4.16. The largest absolute Gasteiger partial charge is 0.325 e. The molecule has 1 N–H and O–H groups in total. The molecule has 3 rings (SSSR count). The Morgan fingerprint density at radius 3 is 2.27 bits per heavy atom. The number of likely N-dealkylation sites (N-methyl/N-ethyl adjacent to an activating group) is 1. The average molecular weight is 422 g/mol. The summed E-state index contributed by atoms with van der Waals surface area (Å²) >= 11 is 0. The lowest BCUT2D eigenvalue weighted by Crippen LogP contribution is -2.35. The van der Waals surface area contributed by atoms with E-state index in [1.165, 1.54) is 7.05 Å². The van der Waals surface area contributed by atoms with Crippen LogP contribution in [0.2, 0.25) is 0 Å². The third kappa shape index (κ3) is 5.54. The predicted octanol–water partition coefficient (Wildman–Crippen LogP) is 3.48. The molecule has 0 aliphatic heterocycles. The number of rotatable bonds is 5. The highest BCUT2D eigenvalue weighted by atomic mass is 32.2. The molecule has 5 nitrogen and oxygen atoms in total. The normalized spacial score (nSPS) is 10.9. The fraction of sp³-hybridized carbons (Fsp3) is 0.0870. The maximum absolute atomic E-state index is 13.0. The van der Waals surface area contributed by atoms with Crippen LogP contribution in [0.1, 0.15) is 11.1 Å². The summed E-state index contributed by atoms with van der Waals surface area (Å²) in [5.41, 5.74) is 2.09. The standard InChI is InChI=1S/C23H19FN2O3S/c1-26(30(28,29)22-14-12-20(24)13-15-22)17-23(27)25-21-9-5-8-19(16-21)11-10-18-6-3-2-4-7-18/h2-9,12-16H,17H2,1H3,(H,25,27). The van der Waals surface area contributed by atoms with Gasteiger partial charge >= 0.3 is 0 Å². The van der Waals surface area contributed by atoms with Crippen molar-refractivity contribution < 1.29 is 17.6 Å². The minimum atomic E-state index is -3.91. The number of hydrogen-bond donors (Lipinski definition) is 1. The highest BCUT2D eigenvalue weighted by Crippen LogP contribution is 2.15. The number of carbonyl (C=O) groups is 1. The molecule has 0 atom stereocenters. The van der Waals surface area contributed by atoms with Crippen molar-refractivity contribution >= 4 is 21.6 Å². The minimum Gasteiger partial charge on any atom is -0.325 e. The maximum atomic E-state index is 13.0. The number of benzene rings is 3. The van der Waals surface area contributed by atoms with Gasteiger partial charge in [0.2, 0.25) is 15.9 Å². The molecule has 0 aliphatic rings. The molecule has 3 aromatic carbocycles. The Morgan fingerprint density at radius 1 is 0.933 bits per heavy atom. The maximum Gasteiger partial charge on any atom is 0.243 e. The number of carbonyl (C=O) groups excluding carboxylic acids is 1. The number of nitrogens with zero attached hydrogens (tertiary/aromatic N) is 1. The van der Waals surface area contributed by atoms with E-state index in [2.05, 4.69) is 17.2 Å². The van der Waals surface area contributed by atoms with E-state index in [9.17, 15) is 17.6 Å². The lowest BCUT2D eigenvalue weighted by Gasteiger charge is -2.17. The van der Waals surface area contributed by atoms with E-state index in [1.54, 1.807) is 18.2 Å². The third-order valence-corrected chi connectivity index (χ3v) is 5.98. The molecule has 0 saturated heterocycles. The molecular weight excluding hydrogens is 403 g/mol. The van der Waals surface area contributed by atoms with Crippen LogP contribution in [0.5, 0.6) is 0 Å². The molecule has 0 aromatic heterocycles. The van der Waals surface area contributed by atoms with E-state index in [0.29, 0.717) is 11.3 Å². The first-order valence-electron chi connectivity index (χ1n) is 9.03. The fourth-order valence-corrected chi connectivity index (χ4v) is 3.74. The number of anilines is 1. The van der Waals surface area contributed by atoms with Crippen LogP contribution in [0, 0.1) is 17.7 Å². The van der Waals surface area contributed by atoms with Gasteiger partial charge in [-0.05, 0) is 54.6 Å². The average Bonchev–Trinajstić information content (AvgIpc) is 2.73. The monoisotopic (exact) mass is 422 g/mol. The molecular formula is C23H19FN2O3S. The molecule has 3 aromatic rings. The van der Waals surface area contributed by atoms with Crippen LogP contribution < -0.4 is 5.32 Å². The van der Waals surface area contributed by atoms with Crippen LogP contribution in [0.4, 0.5) is 10.1 Å². The second kappa shape index (κ2) is 9.35. The van der Waals surface area contributed by atoms with Gasteiger partial charge < -0.3 is 5.32 Å². The van der Waals surface area contributed by atoms with Gasteiger partial charge in [-0.15, -0.1) is 0 Å². The number of sulfonamides is 1. The second-order valence-corrected chi connectivity index (χ2v) is 8.50. The Labute approximate surface area is 175 Å². The van der Waals surface area contributed by atoms with Gasteiger partial charge in [0.25, 0.3) is 0 Å². The van der Waals surface area contributed by atoms with Crippen LogP contribution >= 0.6 is 0 Å². The number of hydrogen-bond acceptors (Lipinski definition) is 3. The van der Waals surface area contributed by atoms with Crippen LogP contribution in [0.15, 0.2) is 83.8 Å². The molecule has 0 spiro atoms. The lowest BCUT2D eigenvalue weighted by molar-refractivity contribution is -0.116. The molecule has 0 aliphatic carbocycles. The molecule has 7 heteroatoms.